The Bertz CT molecular complexity index is 844. The first-order valence-electron chi connectivity index (χ1n) is 19.9. The molecule has 0 fully saturated rings. The Morgan fingerprint density at radius 2 is 1.32 bits per heavy atom. The molecular weight excluding hydrogens is 534 g/mol. The van der Waals surface area contributed by atoms with Crippen LogP contribution in [0, 0.1) is 5.92 Å². The highest BCUT2D eigenvalue weighted by Gasteiger charge is 2.21. The largest absolute Gasteiger partial charge is 0.377 e. The molecule has 1 aromatic rings. The van der Waals surface area contributed by atoms with Gasteiger partial charge in [0.15, 0.2) is 0 Å². The second-order valence-corrected chi connectivity index (χ2v) is 14.4. The van der Waals surface area contributed by atoms with Crippen LogP contribution < -0.4 is 0 Å². The molecule has 2 nitrogen and oxygen atoms in total. The van der Waals surface area contributed by atoms with Gasteiger partial charge in [-0.15, -0.1) is 0 Å². The molecule has 0 saturated carbocycles. The molecule has 3 atom stereocenters. The molecule has 0 N–H and O–H groups in total. The van der Waals surface area contributed by atoms with E-state index < -0.39 is 0 Å². The summed E-state index contributed by atoms with van der Waals surface area (Å²) in [6, 6.07) is 2.34. The van der Waals surface area contributed by atoms with Gasteiger partial charge >= 0.3 is 0 Å². The minimum Gasteiger partial charge on any atom is -0.377 e. The van der Waals surface area contributed by atoms with Crippen molar-refractivity contribution in [2.75, 3.05) is 13.2 Å². The lowest BCUT2D eigenvalue weighted by Gasteiger charge is -2.26. The fourth-order valence-electron chi connectivity index (χ4n) is 7.96. The third-order valence-corrected chi connectivity index (χ3v) is 10.6. The van der Waals surface area contributed by atoms with E-state index >= 15 is 0 Å². The van der Waals surface area contributed by atoms with E-state index in [4.69, 9.17) is 4.74 Å². The summed E-state index contributed by atoms with van der Waals surface area (Å²) in [5, 5.41) is 0. The summed E-state index contributed by atoms with van der Waals surface area (Å²) in [6.45, 7) is 13.4. The van der Waals surface area contributed by atoms with Crippen LogP contribution in [0.3, 0.4) is 0 Å². The molecule has 2 heteroatoms. The number of aromatic nitrogens is 1. The summed E-state index contributed by atoms with van der Waals surface area (Å²) in [6.07, 6.45) is 39.0. The molecule has 0 radical (unpaired) electrons. The van der Waals surface area contributed by atoms with Gasteiger partial charge in [0.25, 0.3) is 0 Å². The Balaban J connectivity index is 0.000000307. The predicted molar refractivity (Wildman–Crippen MR) is 195 cm³/mol. The van der Waals surface area contributed by atoms with E-state index in [-0.39, 0.29) is 0 Å². The summed E-state index contributed by atoms with van der Waals surface area (Å²) in [5.41, 5.74) is 6.50. The van der Waals surface area contributed by atoms with Crippen molar-refractivity contribution in [2.45, 2.75) is 207 Å². The average Bonchev–Trinajstić information content (AvgIpc) is 3.08. The molecule has 1 aliphatic heterocycles. The molecule has 3 rings (SSSR count). The van der Waals surface area contributed by atoms with E-state index in [1.54, 1.807) is 16.7 Å². The van der Waals surface area contributed by atoms with Crippen LogP contribution in [0.5, 0.6) is 0 Å². The van der Waals surface area contributed by atoms with E-state index in [9.17, 15) is 0 Å². The number of ether oxygens (including phenoxy) is 1. The second-order valence-electron chi connectivity index (χ2n) is 14.4. The zero-order chi connectivity index (χ0) is 31.7. The Morgan fingerprint density at radius 3 is 1.95 bits per heavy atom. The molecule has 44 heavy (non-hydrogen) atoms. The van der Waals surface area contributed by atoms with Crippen LogP contribution in [-0.2, 0) is 4.74 Å². The fourth-order valence-corrected chi connectivity index (χ4v) is 7.96. The molecule has 0 aromatic carbocycles. The van der Waals surface area contributed by atoms with Crippen LogP contribution in [-0.4, -0.2) is 18.2 Å². The van der Waals surface area contributed by atoms with Crippen molar-refractivity contribution in [3.8, 4) is 0 Å². The summed E-state index contributed by atoms with van der Waals surface area (Å²) in [5.74, 6) is 2.37. The second kappa shape index (κ2) is 26.0. The van der Waals surface area contributed by atoms with Gasteiger partial charge < -0.3 is 4.74 Å². The Kier molecular flexibility index (Phi) is 23.0. The van der Waals surface area contributed by atoms with Crippen molar-refractivity contribution < 1.29 is 4.74 Å². The third-order valence-electron chi connectivity index (χ3n) is 10.6. The van der Waals surface area contributed by atoms with Gasteiger partial charge in [-0.1, -0.05) is 149 Å². The maximum Gasteiger partial charge on any atom is 0.0676 e. The van der Waals surface area contributed by atoms with Gasteiger partial charge in [0.05, 0.1) is 13.2 Å². The zero-order valence-electron chi connectivity index (χ0n) is 30.4. The van der Waals surface area contributed by atoms with Gasteiger partial charge in [0.2, 0.25) is 0 Å². The van der Waals surface area contributed by atoms with Crippen LogP contribution in [0.15, 0.2) is 29.6 Å². The molecule has 3 unspecified atom stereocenters. The number of nitrogens with zero attached hydrogens (tertiary/aromatic N) is 1. The van der Waals surface area contributed by atoms with Crippen molar-refractivity contribution in [1.29, 1.82) is 0 Å². The van der Waals surface area contributed by atoms with Gasteiger partial charge in [0, 0.05) is 12.4 Å². The third kappa shape index (κ3) is 15.9. The van der Waals surface area contributed by atoms with Crippen LogP contribution in [0.4, 0.5) is 0 Å². The highest BCUT2D eigenvalue weighted by molar-refractivity contribution is 5.30. The lowest BCUT2D eigenvalue weighted by atomic mass is 9.81. The topological polar surface area (TPSA) is 22.1 Å². The lowest BCUT2D eigenvalue weighted by Crippen LogP contribution is -2.16. The lowest BCUT2D eigenvalue weighted by molar-refractivity contribution is 0.141. The first-order chi connectivity index (χ1) is 21.7. The van der Waals surface area contributed by atoms with Crippen LogP contribution >= 0.6 is 0 Å². The smallest absolute Gasteiger partial charge is 0.0676 e. The summed E-state index contributed by atoms with van der Waals surface area (Å²) >= 11 is 0. The highest BCUT2D eigenvalue weighted by atomic mass is 16.5. The fraction of sp³-hybridized carbons (Fsp3) is 0.833. The monoisotopic (exact) mass is 610 g/mol. The standard InChI is InChI=1S/C21H35N.C21H40O/c1-3-5-12-19-14-10-8-6-7-9-13-18(11-4-2)20-15-16-22-17-21(19)20;1-4-6-7-8-9-10-11-12-13-15-20(14-5-2)21-16-17-22-18-19(21)3/h15-19H,3-14H2,1-2H3;20H,4-18H2,1-3H3. The van der Waals surface area contributed by atoms with Gasteiger partial charge in [-0.3, -0.25) is 4.98 Å². The van der Waals surface area contributed by atoms with Crippen molar-refractivity contribution in [3.05, 3.63) is 40.7 Å². The zero-order valence-corrected chi connectivity index (χ0v) is 30.4. The predicted octanol–water partition coefficient (Wildman–Crippen LogP) is 14.0. The highest BCUT2D eigenvalue weighted by Crippen LogP contribution is 2.38. The van der Waals surface area contributed by atoms with Crippen LogP contribution in [0.2, 0.25) is 0 Å². The molecule has 1 aliphatic carbocycles. The van der Waals surface area contributed by atoms with Gasteiger partial charge in [0.1, 0.15) is 0 Å². The number of pyridine rings is 1. The van der Waals surface area contributed by atoms with E-state index in [1.807, 2.05) is 6.20 Å². The van der Waals surface area contributed by atoms with Gasteiger partial charge in [-0.25, -0.2) is 0 Å². The first kappa shape index (κ1) is 39.0. The molecule has 2 aliphatic rings. The van der Waals surface area contributed by atoms with E-state index in [2.05, 4.69) is 51.9 Å². The normalized spacial score (nSPS) is 20.3. The number of fused-ring (bicyclic) bond motifs is 1. The molecule has 0 amide bonds. The van der Waals surface area contributed by atoms with Crippen molar-refractivity contribution in [1.82, 2.24) is 4.98 Å². The number of unbranched alkanes of at least 4 members (excludes halogenated alkanes) is 9. The Hall–Kier alpha value is -1.15. The molecule has 254 valence electrons. The maximum atomic E-state index is 5.58. The van der Waals surface area contributed by atoms with E-state index in [0.717, 1.165) is 31.0 Å². The molecule has 0 saturated heterocycles. The Labute approximate surface area is 276 Å². The summed E-state index contributed by atoms with van der Waals surface area (Å²) in [7, 11) is 0. The number of rotatable bonds is 18. The summed E-state index contributed by atoms with van der Waals surface area (Å²) in [4.78, 5) is 4.50. The molecule has 0 bridgehead atoms. The SMILES string of the molecule is CCCCC1CCCCCCCC(CCC)c2ccncc21.CCCCCCCCCCCC(CCC)C1=C(C)COCC1. The maximum absolute atomic E-state index is 5.58. The van der Waals surface area contributed by atoms with E-state index in [1.165, 1.54) is 166 Å². The Morgan fingerprint density at radius 1 is 0.682 bits per heavy atom. The van der Waals surface area contributed by atoms with Gasteiger partial charge in [-0.2, -0.15) is 0 Å². The molecular formula is C42H75NO. The van der Waals surface area contributed by atoms with Crippen molar-refractivity contribution in [3.63, 3.8) is 0 Å². The first-order valence-corrected chi connectivity index (χ1v) is 19.9. The molecule has 0 spiro atoms. The molecule has 2 heterocycles. The minimum atomic E-state index is 0.751. The number of hydrogen-bond acceptors (Lipinski definition) is 2. The number of hydrogen-bond donors (Lipinski definition) is 0. The van der Waals surface area contributed by atoms with Gasteiger partial charge in [-0.05, 0) is 92.4 Å². The summed E-state index contributed by atoms with van der Waals surface area (Å²) < 4.78 is 5.58. The minimum absolute atomic E-state index is 0.751. The van der Waals surface area contributed by atoms with Crippen LogP contribution in [0.25, 0.3) is 0 Å². The molecule has 1 aromatic heterocycles. The van der Waals surface area contributed by atoms with Crippen molar-refractivity contribution in [2.24, 2.45) is 5.92 Å². The quantitative estimate of drug-likeness (QED) is 0.122. The van der Waals surface area contributed by atoms with Crippen LogP contribution in [0.1, 0.15) is 218 Å². The van der Waals surface area contributed by atoms with E-state index in [0.29, 0.717) is 0 Å². The average molecular weight is 610 g/mol. The van der Waals surface area contributed by atoms with Crippen molar-refractivity contribution >= 4 is 0 Å².